The standard InChI is InChI=1S/C29H36O5/c1-27(2)23-10-13-29-15-19(6-8-24(29)28(23,3)12-11-25(27)32)20(16-29)17-34-26(33)9-5-18-4-7-21(30)22(31)14-18/h4-5,7,9,14,16,19,23-24,30-31H,6,8,10-13,15,17H2,1-3H3/b9-5+/t19-,23-,24+,28-,29+/m1/s1. The minimum atomic E-state index is -0.410. The van der Waals surface area contributed by atoms with Crippen molar-refractivity contribution >= 4 is 17.8 Å². The first-order valence-corrected chi connectivity index (χ1v) is 12.7. The first kappa shape index (κ1) is 23.2. The number of carbonyl (C=O) groups is 2. The minimum Gasteiger partial charge on any atom is -0.504 e. The zero-order chi connectivity index (χ0) is 24.3. The van der Waals surface area contributed by atoms with Gasteiger partial charge in [-0.15, -0.1) is 0 Å². The van der Waals surface area contributed by atoms with Crippen LogP contribution in [0.3, 0.4) is 0 Å². The van der Waals surface area contributed by atoms with Crippen molar-refractivity contribution in [1.82, 2.24) is 0 Å². The normalized spacial score (nSPS) is 36.0. The Morgan fingerprint density at radius 1 is 1.09 bits per heavy atom. The zero-order valence-electron chi connectivity index (χ0n) is 20.5. The van der Waals surface area contributed by atoms with Crippen LogP contribution < -0.4 is 0 Å². The number of rotatable bonds is 4. The third-order valence-corrected chi connectivity index (χ3v) is 9.89. The maximum atomic E-state index is 12.7. The number of carbonyl (C=O) groups excluding carboxylic acids is 2. The number of hydrogen-bond acceptors (Lipinski definition) is 5. The molecule has 1 aromatic rings. The number of phenolic OH excluding ortho intramolecular Hbond substituents is 2. The van der Waals surface area contributed by atoms with E-state index in [0.29, 0.717) is 42.1 Å². The third kappa shape index (κ3) is 3.59. The Bertz CT molecular complexity index is 1080. The quantitative estimate of drug-likeness (QED) is 0.255. The Morgan fingerprint density at radius 2 is 1.88 bits per heavy atom. The molecule has 0 heterocycles. The van der Waals surface area contributed by atoms with E-state index in [1.165, 1.54) is 30.2 Å². The Labute approximate surface area is 201 Å². The van der Waals surface area contributed by atoms with Crippen LogP contribution in [0.4, 0.5) is 0 Å². The first-order chi connectivity index (χ1) is 16.0. The number of esters is 1. The molecule has 5 atom stereocenters. The second kappa shape index (κ2) is 8.00. The van der Waals surface area contributed by atoms with Gasteiger partial charge < -0.3 is 14.9 Å². The van der Waals surface area contributed by atoms with Gasteiger partial charge in [-0.25, -0.2) is 4.79 Å². The maximum Gasteiger partial charge on any atom is 0.331 e. The molecule has 0 radical (unpaired) electrons. The molecule has 2 bridgehead atoms. The van der Waals surface area contributed by atoms with Crippen LogP contribution in [0.15, 0.2) is 35.9 Å². The van der Waals surface area contributed by atoms with E-state index in [-0.39, 0.29) is 27.7 Å². The highest BCUT2D eigenvalue weighted by molar-refractivity contribution is 5.87. The summed E-state index contributed by atoms with van der Waals surface area (Å²) in [4.78, 5) is 25.1. The summed E-state index contributed by atoms with van der Waals surface area (Å²) in [6, 6.07) is 4.41. The summed E-state index contributed by atoms with van der Waals surface area (Å²) < 4.78 is 5.61. The number of fused-ring (bicyclic) bond motifs is 3. The molecule has 3 saturated carbocycles. The average Bonchev–Trinajstić information content (AvgIpc) is 3.05. The number of benzene rings is 1. The van der Waals surface area contributed by atoms with Crippen molar-refractivity contribution in [3.8, 4) is 11.5 Å². The van der Waals surface area contributed by atoms with Gasteiger partial charge in [-0.3, -0.25) is 4.79 Å². The van der Waals surface area contributed by atoms with Crippen molar-refractivity contribution in [2.45, 2.75) is 65.7 Å². The van der Waals surface area contributed by atoms with Gasteiger partial charge in [0, 0.05) is 17.9 Å². The van der Waals surface area contributed by atoms with Crippen LogP contribution in [0.5, 0.6) is 11.5 Å². The number of ether oxygens (including phenoxy) is 1. The molecule has 1 spiro atoms. The van der Waals surface area contributed by atoms with Crippen LogP contribution in [-0.4, -0.2) is 28.6 Å². The van der Waals surface area contributed by atoms with Gasteiger partial charge in [0.1, 0.15) is 12.4 Å². The second-order valence-electron chi connectivity index (χ2n) is 11.9. The number of aromatic hydroxyl groups is 2. The van der Waals surface area contributed by atoms with Gasteiger partial charge in [0.15, 0.2) is 11.5 Å². The van der Waals surface area contributed by atoms with Gasteiger partial charge in [-0.1, -0.05) is 32.9 Å². The maximum absolute atomic E-state index is 12.7. The molecule has 0 saturated heterocycles. The summed E-state index contributed by atoms with van der Waals surface area (Å²) in [6.45, 7) is 7.12. The number of hydrogen-bond donors (Lipinski definition) is 2. The summed E-state index contributed by atoms with van der Waals surface area (Å²) in [6.07, 6.45) is 12.8. The van der Waals surface area contributed by atoms with Crippen molar-refractivity contribution < 1.29 is 24.5 Å². The molecule has 0 amide bonds. The molecule has 182 valence electrons. The van der Waals surface area contributed by atoms with Crippen LogP contribution in [-0.2, 0) is 14.3 Å². The summed E-state index contributed by atoms with van der Waals surface area (Å²) in [7, 11) is 0. The van der Waals surface area contributed by atoms with Gasteiger partial charge in [-0.05, 0) is 96.5 Å². The highest BCUT2D eigenvalue weighted by Crippen LogP contribution is 2.70. The van der Waals surface area contributed by atoms with E-state index in [0.717, 1.165) is 32.1 Å². The lowest BCUT2D eigenvalue weighted by molar-refractivity contribution is -0.160. The number of ketones is 1. The van der Waals surface area contributed by atoms with Gasteiger partial charge in [-0.2, -0.15) is 0 Å². The van der Waals surface area contributed by atoms with Crippen molar-refractivity contribution in [3.05, 3.63) is 41.5 Å². The van der Waals surface area contributed by atoms with E-state index < -0.39 is 5.97 Å². The summed E-state index contributed by atoms with van der Waals surface area (Å²) in [5, 5.41) is 19.0. The van der Waals surface area contributed by atoms with Crippen molar-refractivity contribution in [1.29, 1.82) is 0 Å². The van der Waals surface area contributed by atoms with E-state index in [1.807, 2.05) is 0 Å². The summed E-state index contributed by atoms with van der Waals surface area (Å²) in [5.74, 6) is 1.15. The molecular weight excluding hydrogens is 428 g/mol. The van der Waals surface area contributed by atoms with E-state index in [4.69, 9.17) is 4.74 Å². The van der Waals surface area contributed by atoms with Crippen molar-refractivity contribution in [2.75, 3.05) is 6.61 Å². The summed E-state index contributed by atoms with van der Waals surface area (Å²) in [5.41, 5.74) is 2.03. The van der Waals surface area contributed by atoms with Crippen LogP contribution in [0, 0.1) is 34.0 Å². The smallest absolute Gasteiger partial charge is 0.331 e. The molecule has 1 aromatic carbocycles. The van der Waals surface area contributed by atoms with Crippen LogP contribution >= 0.6 is 0 Å². The minimum absolute atomic E-state index is 0.186. The topological polar surface area (TPSA) is 83.8 Å². The van der Waals surface area contributed by atoms with E-state index >= 15 is 0 Å². The van der Waals surface area contributed by atoms with Crippen LogP contribution in [0.2, 0.25) is 0 Å². The molecule has 5 rings (SSSR count). The fourth-order valence-corrected chi connectivity index (χ4v) is 8.25. The van der Waals surface area contributed by atoms with Crippen LogP contribution in [0.25, 0.3) is 6.08 Å². The van der Waals surface area contributed by atoms with Gasteiger partial charge in [0.05, 0.1) is 0 Å². The van der Waals surface area contributed by atoms with E-state index in [2.05, 4.69) is 26.8 Å². The highest BCUT2D eigenvalue weighted by atomic mass is 16.5. The molecule has 0 unspecified atom stereocenters. The lowest BCUT2D eigenvalue weighted by Crippen LogP contribution is -2.58. The molecule has 34 heavy (non-hydrogen) atoms. The van der Waals surface area contributed by atoms with Crippen molar-refractivity contribution in [3.63, 3.8) is 0 Å². The third-order valence-electron chi connectivity index (χ3n) is 9.89. The monoisotopic (exact) mass is 464 g/mol. The molecule has 3 fully saturated rings. The fraction of sp³-hybridized carbons (Fsp3) is 0.586. The molecule has 5 heteroatoms. The molecule has 2 N–H and O–H groups in total. The largest absolute Gasteiger partial charge is 0.504 e. The van der Waals surface area contributed by atoms with Gasteiger partial charge >= 0.3 is 5.97 Å². The average molecular weight is 465 g/mol. The second-order valence-corrected chi connectivity index (χ2v) is 11.9. The highest BCUT2D eigenvalue weighted by Gasteiger charge is 2.63. The molecule has 0 aliphatic heterocycles. The fourth-order valence-electron chi connectivity index (χ4n) is 8.25. The lowest BCUT2D eigenvalue weighted by atomic mass is 9.41. The summed E-state index contributed by atoms with van der Waals surface area (Å²) >= 11 is 0. The van der Waals surface area contributed by atoms with Crippen LogP contribution in [0.1, 0.15) is 71.3 Å². The zero-order valence-corrected chi connectivity index (χ0v) is 20.5. The van der Waals surface area contributed by atoms with Gasteiger partial charge in [0.25, 0.3) is 0 Å². The van der Waals surface area contributed by atoms with Crippen molar-refractivity contribution in [2.24, 2.45) is 34.0 Å². The predicted octanol–water partition coefficient (Wildman–Crippen LogP) is 5.80. The molecular formula is C29H36O5. The van der Waals surface area contributed by atoms with Gasteiger partial charge in [0.2, 0.25) is 0 Å². The van der Waals surface area contributed by atoms with E-state index in [1.54, 1.807) is 12.1 Å². The Hall–Kier alpha value is -2.56. The number of allylic oxidation sites excluding steroid dienone is 1. The lowest BCUT2D eigenvalue weighted by Gasteiger charge is -2.63. The van der Waals surface area contributed by atoms with E-state index in [9.17, 15) is 19.8 Å². The molecule has 4 aliphatic carbocycles. The Morgan fingerprint density at radius 3 is 2.65 bits per heavy atom. The number of Topliss-reactive ketones (excluding diaryl/α,β-unsaturated/α-hetero) is 1. The Balaban J connectivity index is 1.28. The molecule has 0 aromatic heterocycles. The molecule has 5 nitrogen and oxygen atoms in total. The molecule has 4 aliphatic rings. The predicted molar refractivity (Wildman–Crippen MR) is 130 cm³/mol. The number of phenols is 2. The first-order valence-electron chi connectivity index (χ1n) is 12.7. The Kier molecular flexibility index (Phi) is 5.46. The SMILES string of the molecule is CC1(C)C(=O)CC[C@]2(C)[C@@H]1CC[C@]13C=C(COC(=O)/C=C/c4ccc(O)c(O)c4)[C@H](CC[C@H]12)C3.